The lowest BCUT2D eigenvalue weighted by molar-refractivity contribution is -0.125. The maximum Gasteiger partial charge on any atom is 0.321 e. The van der Waals surface area contributed by atoms with Gasteiger partial charge in [0.05, 0.1) is 6.04 Å². The fourth-order valence-corrected chi connectivity index (χ4v) is 3.43. The summed E-state index contributed by atoms with van der Waals surface area (Å²) in [6.07, 6.45) is 1.34. The van der Waals surface area contributed by atoms with Gasteiger partial charge in [-0.15, -0.1) is 0 Å². The van der Waals surface area contributed by atoms with Crippen molar-refractivity contribution in [2.75, 3.05) is 33.4 Å². The quantitative estimate of drug-likeness (QED) is 0.768. The zero-order valence-corrected chi connectivity index (χ0v) is 15.6. The maximum atomic E-state index is 12.8. The fourth-order valence-electron chi connectivity index (χ4n) is 3.43. The van der Waals surface area contributed by atoms with Gasteiger partial charge in [0.25, 0.3) is 0 Å². The Bertz CT molecular complexity index is 728. The number of ether oxygens (including phenoxy) is 2. The molecule has 1 fully saturated rings. The lowest BCUT2D eigenvalue weighted by Crippen LogP contribution is -2.51. The Morgan fingerprint density at radius 1 is 1.11 bits per heavy atom. The number of carbonyl (C=O) groups excluding carboxylic acids is 3. The van der Waals surface area contributed by atoms with E-state index in [4.69, 9.17) is 9.47 Å². The lowest BCUT2D eigenvalue weighted by atomic mass is 9.88. The van der Waals surface area contributed by atoms with Crippen LogP contribution in [-0.2, 0) is 4.79 Å². The van der Waals surface area contributed by atoms with Gasteiger partial charge in [0.2, 0.25) is 5.91 Å². The van der Waals surface area contributed by atoms with Crippen LogP contribution in [0.4, 0.5) is 4.79 Å². The number of ketones is 1. The maximum absolute atomic E-state index is 12.8. The standard InChI is InChI=1S/C19H25N3O5/c1-12(18(24)21-19(25)20-2)22-7-5-13(6-8-22)17(23)14-3-4-15-16(11-14)27-10-9-26-15/h3-4,11-13H,5-10H2,1-2H3,(H2,20,21,24,25). The van der Waals surface area contributed by atoms with Crippen molar-refractivity contribution in [2.24, 2.45) is 5.92 Å². The van der Waals surface area contributed by atoms with Gasteiger partial charge >= 0.3 is 6.03 Å². The first-order chi connectivity index (χ1) is 13.0. The molecule has 2 aliphatic rings. The fraction of sp³-hybridized carbons (Fsp3) is 0.526. The summed E-state index contributed by atoms with van der Waals surface area (Å²) in [7, 11) is 1.46. The third-order valence-corrected chi connectivity index (χ3v) is 5.12. The SMILES string of the molecule is CNC(=O)NC(=O)C(C)N1CCC(C(=O)c2ccc3c(c2)OCCO3)CC1. The third-order valence-electron chi connectivity index (χ3n) is 5.12. The summed E-state index contributed by atoms with van der Waals surface area (Å²) in [5, 5.41) is 4.65. The summed E-state index contributed by atoms with van der Waals surface area (Å²) in [6, 6.07) is 4.37. The number of rotatable bonds is 4. The summed E-state index contributed by atoms with van der Waals surface area (Å²) < 4.78 is 11.0. The first kappa shape index (κ1) is 19.2. The Morgan fingerprint density at radius 2 is 1.78 bits per heavy atom. The van der Waals surface area contributed by atoms with E-state index in [0.29, 0.717) is 56.2 Å². The minimum Gasteiger partial charge on any atom is -0.486 e. The van der Waals surface area contributed by atoms with Gasteiger partial charge < -0.3 is 14.8 Å². The highest BCUT2D eigenvalue weighted by Crippen LogP contribution is 2.32. The molecule has 0 spiro atoms. The largest absolute Gasteiger partial charge is 0.486 e. The van der Waals surface area contributed by atoms with Crippen LogP contribution in [0, 0.1) is 5.92 Å². The molecule has 1 saturated heterocycles. The minimum atomic E-state index is -0.518. The number of urea groups is 1. The van der Waals surface area contributed by atoms with Crippen LogP contribution in [0.15, 0.2) is 18.2 Å². The topological polar surface area (TPSA) is 97.0 Å². The molecule has 3 rings (SSSR count). The van der Waals surface area contributed by atoms with Gasteiger partial charge in [-0.3, -0.25) is 19.8 Å². The number of nitrogens with zero attached hydrogens (tertiary/aromatic N) is 1. The van der Waals surface area contributed by atoms with Crippen LogP contribution < -0.4 is 20.1 Å². The molecule has 0 aromatic heterocycles. The van der Waals surface area contributed by atoms with Crippen LogP contribution in [0.1, 0.15) is 30.1 Å². The van der Waals surface area contributed by atoms with Crippen LogP contribution in [0.25, 0.3) is 0 Å². The molecule has 8 heteroatoms. The van der Waals surface area contributed by atoms with Crippen LogP contribution >= 0.6 is 0 Å². The van der Waals surface area contributed by atoms with Crippen molar-refractivity contribution in [1.82, 2.24) is 15.5 Å². The van der Waals surface area contributed by atoms with Crippen molar-refractivity contribution in [1.29, 1.82) is 0 Å². The van der Waals surface area contributed by atoms with Crippen LogP contribution in [-0.4, -0.2) is 62.0 Å². The molecule has 8 nitrogen and oxygen atoms in total. The minimum absolute atomic E-state index is 0.0852. The van der Waals surface area contributed by atoms with Crippen molar-refractivity contribution < 1.29 is 23.9 Å². The van der Waals surface area contributed by atoms with E-state index in [-0.39, 0.29) is 17.6 Å². The molecular formula is C19H25N3O5. The van der Waals surface area contributed by atoms with Gasteiger partial charge in [0, 0.05) is 18.5 Å². The highest BCUT2D eigenvalue weighted by atomic mass is 16.6. The van der Waals surface area contributed by atoms with E-state index in [1.54, 1.807) is 25.1 Å². The molecular weight excluding hydrogens is 350 g/mol. The van der Waals surface area contributed by atoms with E-state index in [0.717, 1.165) is 0 Å². The summed E-state index contributed by atoms with van der Waals surface area (Å²) in [6.45, 7) is 4.03. The van der Waals surface area contributed by atoms with Gasteiger partial charge in [-0.25, -0.2) is 4.79 Å². The summed E-state index contributed by atoms with van der Waals surface area (Å²) in [5.41, 5.74) is 0.628. The number of Topliss-reactive ketones (excluding diaryl/α,β-unsaturated/α-hetero) is 1. The molecule has 0 radical (unpaired) electrons. The monoisotopic (exact) mass is 375 g/mol. The molecule has 2 aliphatic heterocycles. The lowest BCUT2D eigenvalue weighted by Gasteiger charge is -2.34. The number of carbonyl (C=O) groups is 3. The van der Waals surface area contributed by atoms with Gasteiger partial charge in [-0.05, 0) is 51.1 Å². The molecule has 1 aromatic carbocycles. The Balaban J connectivity index is 1.56. The van der Waals surface area contributed by atoms with Crippen LogP contribution in [0.2, 0.25) is 0 Å². The molecule has 3 amide bonds. The summed E-state index contributed by atoms with van der Waals surface area (Å²) in [5.74, 6) is 0.950. The molecule has 1 aromatic rings. The van der Waals surface area contributed by atoms with E-state index < -0.39 is 12.1 Å². The van der Waals surface area contributed by atoms with E-state index in [1.165, 1.54) is 7.05 Å². The van der Waals surface area contributed by atoms with Gasteiger partial charge in [-0.1, -0.05) is 0 Å². The number of hydrogen-bond acceptors (Lipinski definition) is 6. The molecule has 0 bridgehead atoms. The predicted molar refractivity (Wildman–Crippen MR) is 98.1 cm³/mol. The molecule has 2 N–H and O–H groups in total. The number of fused-ring (bicyclic) bond motifs is 1. The van der Waals surface area contributed by atoms with E-state index in [9.17, 15) is 14.4 Å². The van der Waals surface area contributed by atoms with Gasteiger partial charge in [0.15, 0.2) is 17.3 Å². The van der Waals surface area contributed by atoms with Crippen LogP contribution in [0.5, 0.6) is 11.5 Å². The normalized spacial score (nSPS) is 18.4. The van der Waals surface area contributed by atoms with E-state index in [2.05, 4.69) is 10.6 Å². The molecule has 2 heterocycles. The molecule has 0 saturated carbocycles. The Hall–Kier alpha value is -2.61. The second-order valence-electron chi connectivity index (χ2n) is 6.78. The highest BCUT2D eigenvalue weighted by Gasteiger charge is 2.31. The Labute approximate surface area is 158 Å². The van der Waals surface area contributed by atoms with E-state index in [1.807, 2.05) is 4.90 Å². The predicted octanol–water partition coefficient (Wildman–Crippen LogP) is 1.20. The highest BCUT2D eigenvalue weighted by molar-refractivity contribution is 5.99. The third kappa shape index (κ3) is 4.39. The molecule has 1 atom stereocenters. The molecule has 1 unspecified atom stereocenters. The van der Waals surface area contributed by atoms with Gasteiger partial charge in [-0.2, -0.15) is 0 Å². The number of amides is 3. The number of likely N-dealkylation sites (tertiary alicyclic amines) is 1. The second-order valence-corrected chi connectivity index (χ2v) is 6.78. The zero-order valence-electron chi connectivity index (χ0n) is 15.6. The molecule has 146 valence electrons. The van der Waals surface area contributed by atoms with Crippen molar-refractivity contribution >= 4 is 17.7 Å². The summed E-state index contributed by atoms with van der Waals surface area (Å²) >= 11 is 0. The number of imide groups is 1. The number of hydrogen-bond donors (Lipinski definition) is 2. The zero-order chi connectivity index (χ0) is 19.4. The molecule has 0 aliphatic carbocycles. The average Bonchev–Trinajstić information content (AvgIpc) is 2.72. The van der Waals surface area contributed by atoms with Crippen molar-refractivity contribution in [3.05, 3.63) is 23.8 Å². The number of nitrogens with one attached hydrogen (secondary N) is 2. The Kier molecular flexibility index (Phi) is 5.95. The van der Waals surface area contributed by atoms with Crippen molar-refractivity contribution in [3.63, 3.8) is 0 Å². The van der Waals surface area contributed by atoms with Gasteiger partial charge in [0.1, 0.15) is 13.2 Å². The van der Waals surface area contributed by atoms with Crippen LogP contribution in [0.3, 0.4) is 0 Å². The Morgan fingerprint density at radius 3 is 2.44 bits per heavy atom. The average molecular weight is 375 g/mol. The van der Waals surface area contributed by atoms with Crippen molar-refractivity contribution in [3.8, 4) is 11.5 Å². The number of benzene rings is 1. The smallest absolute Gasteiger partial charge is 0.321 e. The van der Waals surface area contributed by atoms with E-state index >= 15 is 0 Å². The second kappa shape index (κ2) is 8.39. The first-order valence-electron chi connectivity index (χ1n) is 9.20. The molecule has 27 heavy (non-hydrogen) atoms. The number of piperidine rings is 1. The first-order valence-corrected chi connectivity index (χ1v) is 9.20. The van der Waals surface area contributed by atoms with Crippen molar-refractivity contribution in [2.45, 2.75) is 25.8 Å². The summed E-state index contributed by atoms with van der Waals surface area (Å²) in [4.78, 5) is 38.2.